The van der Waals surface area contributed by atoms with Crippen LogP contribution < -0.4 is 5.32 Å². The van der Waals surface area contributed by atoms with Crippen LogP contribution >= 0.6 is 11.8 Å². The van der Waals surface area contributed by atoms with E-state index in [2.05, 4.69) is 5.32 Å². The number of hydrogen-bond acceptors (Lipinski definition) is 3. The van der Waals surface area contributed by atoms with E-state index in [4.69, 9.17) is 0 Å². The molecule has 2 aromatic carbocycles. The molecule has 130 valence electrons. The molecule has 25 heavy (non-hydrogen) atoms. The van der Waals surface area contributed by atoms with Gasteiger partial charge in [0.2, 0.25) is 11.8 Å². The average molecular weight is 354 g/mol. The number of rotatable bonds is 6. The molecule has 0 bridgehead atoms. The molecule has 0 unspecified atom stereocenters. The van der Waals surface area contributed by atoms with E-state index in [-0.39, 0.29) is 18.4 Å². The van der Waals surface area contributed by atoms with Crippen molar-refractivity contribution in [1.29, 1.82) is 0 Å². The van der Waals surface area contributed by atoms with Crippen LogP contribution in [-0.4, -0.2) is 30.3 Å². The minimum atomic E-state index is -0.211. The maximum absolute atomic E-state index is 12.2. The van der Waals surface area contributed by atoms with Crippen molar-refractivity contribution >= 4 is 29.3 Å². The van der Waals surface area contributed by atoms with Gasteiger partial charge in [-0.25, -0.2) is 0 Å². The highest BCUT2D eigenvalue weighted by atomic mass is 32.2. The summed E-state index contributed by atoms with van der Waals surface area (Å²) in [4.78, 5) is 26.7. The van der Waals surface area contributed by atoms with Gasteiger partial charge in [-0.05, 0) is 42.5 Å². The summed E-state index contributed by atoms with van der Waals surface area (Å²) >= 11 is 1.46. The minimum absolute atomic E-state index is 0.00690. The number of likely N-dealkylation sites (N-methyl/N-ethyl adjacent to an activating group) is 1. The molecule has 2 rings (SSSR count). The summed E-state index contributed by atoms with van der Waals surface area (Å²) in [7, 11) is 1.62. The van der Waals surface area contributed by atoms with E-state index in [1.165, 1.54) is 22.7 Å². The van der Waals surface area contributed by atoms with Crippen LogP contribution in [0.2, 0.25) is 0 Å². The number of anilines is 1. The lowest BCUT2D eigenvalue weighted by molar-refractivity contribution is -0.129. The summed E-state index contributed by atoms with van der Waals surface area (Å²) in [5.41, 5.74) is 2.81. The van der Waals surface area contributed by atoms with Crippen LogP contribution in [0, 0.1) is 13.8 Å². The van der Waals surface area contributed by atoms with Gasteiger partial charge in [0, 0.05) is 23.7 Å². The Balaban J connectivity index is 1.87. The van der Waals surface area contributed by atoms with Crippen molar-refractivity contribution < 1.29 is 9.59 Å². The van der Waals surface area contributed by atoms with Crippen molar-refractivity contribution in [1.82, 2.24) is 4.90 Å². The van der Waals surface area contributed by atoms with Crippen molar-refractivity contribution in [2.75, 3.05) is 18.9 Å². The molecule has 0 saturated heterocycles. The predicted octanol–water partition coefficient (Wildman–Crippen LogP) is 4.01. The fourth-order valence-electron chi connectivity index (χ4n) is 2.28. The van der Waals surface area contributed by atoms with Crippen LogP contribution in [0.3, 0.4) is 0 Å². The predicted molar refractivity (Wildman–Crippen MR) is 104 cm³/mol. The Morgan fingerprint density at radius 2 is 1.68 bits per heavy atom. The molecule has 4 nitrogen and oxygen atoms in total. The van der Waals surface area contributed by atoms with Crippen molar-refractivity contribution in [3.63, 3.8) is 0 Å². The Morgan fingerprint density at radius 1 is 1.04 bits per heavy atom. The van der Waals surface area contributed by atoms with Gasteiger partial charge in [0.15, 0.2) is 0 Å². The molecule has 2 amide bonds. The molecule has 0 aliphatic rings. The zero-order valence-electron chi connectivity index (χ0n) is 14.7. The molecule has 0 aliphatic heterocycles. The molecule has 5 heteroatoms. The van der Waals surface area contributed by atoms with Gasteiger partial charge < -0.3 is 10.2 Å². The molecule has 1 N–H and O–H groups in total. The maximum atomic E-state index is 12.2. The second-order valence-corrected chi connectivity index (χ2v) is 6.72. The van der Waals surface area contributed by atoms with E-state index in [1.807, 2.05) is 62.4 Å². The van der Waals surface area contributed by atoms with Gasteiger partial charge in [-0.3, -0.25) is 9.59 Å². The molecular weight excluding hydrogens is 332 g/mol. The van der Waals surface area contributed by atoms with Crippen LogP contribution in [0.25, 0.3) is 0 Å². The van der Waals surface area contributed by atoms with Gasteiger partial charge in [0.05, 0.1) is 6.54 Å². The molecule has 0 spiro atoms. The highest BCUT2D eigenvalue weighted by Gasteiger charge is 2.12. The normalized spacial score (nSPS) is 10.7. The molecule has 0 aromatic heterocycles. The summed E-state index contributed by atoms with van der Waals surface area (Å²) < 4.78 is 0. The molecule has 0 atom stereocenters. The summed E-state index contributed by atoms with van der Waals surface area (Å²) in [5, 5.41) is 4.62. The number of para-hydroxylation sites is 1. The number of benzene rings is 2. The topological polar surface area (TPSA) is 49.4 Å². The van der Waals surface area contributed by atoms with Gasteiger partial charge in [-0.15, -0.1) is 0 Å². The van der Waals surface area contributed by atoms with Crippen molar-refractivity contribution in [3.8, 4) is 0 Å². The van der Waals surface area contributed by atoms with Gasteiger partial charge in [0.1, 0.15) is 0 Å². The van der Waals surface area contributed by atoms with Crippen LogP contribution in [0.5, 0.6) is 0 Å². The maximum Gasteiger partial charge on any atom is 0.247 e. The third-order valence-electron chi connectivity index (χ3n) is 3.66. The Hall–Kier alpha value is -2.53. The molecular formula is C20H22N2O2S. The minimum Gasteiger partial charge on any atom is -0.333 e. The monoisotopic (exact) mass is 354 g/mol. The Morgan fingerprint density at radius 3 is 2.32 bits per heavy atom. The second kappa shape index (κ2) is 9.08. The smallest absolute Gasteiger partial charge is 0.247 e. The van der Waals surface area contributed by atoms with E-state index in [0.717, 1.165) is 21.7 Å². The Labute approximate surface area is 152 Å². The summed E-state index contributed by atoms with van der Waals surface area (Å²) in [5.74, 6) is -0.419. The first-order valence-electron chi connectivity index (χ1n) is 7.97. The van der Waals surface area contributed by atoms with Gasteiger partial charge >= 0.3 is 0 Å². The van der Waals surface area contributed by atoms with Crippen LogP contribution in [0.15, 0.2) is 64.9 Å². The fourth-order valence-corrected chi connectivity index (χ4v) is 2.94. The number of thioether (sulfide) groups is 1. The van der Waals surface area contributed by atoms with Gasteiger partial charge in [-0.2, -0.15) is 0 Å². The van der Waals surface area contributed by atoms with Crippen molar-refractivity contribution in [2.24, 2.45) is 0 Å². The number of nitrogens with zero attached hydrogens (tertiary/aromatic N) is 1. The van der Waals surface area contributed by atoms with E-state index >= 15 is 0 Å². The number of aryl methyl sites for hydroxylation is 2. The number of carbonyl (C=O) groups is 2. The highest BCUT2D eigenvalue weighted by Crippen LogP contribution is 2.19. The highest BCUT2D eigenvalue weighted by molar-refractivity contribution is 8.02. The van der Waals surface area contributed by atoms with Crippen LogP contribution in [0.4, 0.5) is 5.69 Å². The summed E-state index contributed by atoms with van der Waals surface area (Å²) in [6.45, 7) is 3.90. The zero-order valence-corrected chi connectivity index (χ0v) is 15.5. The SMILES string of the molecule is Cc1cccc(C)c1NC(=O)CN(C)C(=O)/C=C/Sc1ccccc1. The molecule has 0 radical (unpaired) electrons. The van der Waals surface area contributed by atoms with E-state index < -0.39 is 0 Å². The van der Waals surface area contributed by atoms with Crippen LogP contribution in [0.1, 0.15) is 11.1 Å². The average Bonchev–Trinajstić information content (AvgIpc) is 2.59. The lowest BCUT2D eigenvalue weighted by Crippen LogP contribution is -2.34. The summed E-state index contributed by atoms with van der Waals surface area (Å²) in [6.07, 6.45) is 1.48. The lowest BCUT2D eigenvalue weighted by Gasteiger charge is -2.16. The Kier molecular flexibility index (Phi) is 6.83. The molecule has 2 aromatic rings. The standard InChI is InChI=1S/C20H22N2O2S/c1-15-8-7-9-16(2)20(15)21-18(23)14-22(3)19(24)12-13-25-17-10-5-4-6-11-17/h4-13H,14H2,1-3H3,(H,21,23)/b13-12+. The Bertz CT molecular complexity index is 752. The van der Waals surface area contributed by atoms with Gasteiger partial charge in [0.25, 0.3) is 0 Å². The molecule has 0 fully saturated rings. The van der Waals surface area contributed by atoms with Crippen molar-refractivity contribution in [3.05, 3.63) is 71.1 Å². The quantitative estimate of drug-likeness (QED) is 0.630. The third-order valence-corrected chi connectivity index (χ3v) is 4.48. The molecule has 0 saturated carbocycles. The first-order valence-corrected chi connectivity index (χ1v) is 8.85. The van der Waals surface area contributed by atoms with Crippen LogP contribution in [-0.2, 0) is 9.59 Å². The number of amides is 2. The molecule has 0 aliphatic carbocycles. The number of nitrogens with one attached hydrogen (secondary N) is 1. The number of carbonyl (C=O) groups excluding carboxylic acids is 2. The largest absolute Gasteiger partial charge is 0.333 e. The zero-order chi connectivity index (χ0) is 18.2. The fraction of sp³-hybridized carbons (Fsp3) is 0.200. The first kappa shape index (κ1) is 18.8. The van der Waals surface area contributed by atoms with Crippen molar-refractivity contribution in [2.45, 2.75) is 18.7 Å². The lowest BCUT2D eigenvalue weighted by atomic mass is 10.1. The van der Waals surface area contributed by atoms with E-state index in [1.54, 1.807) is 12.5 Å². The van der Waals surface area contributed by atoms with E-state index in [0.29, 0.717) is 0 Å². The second-order valence-electron chi connectivity index (χ2n) is 5.74. The van der Waals surface area contributed by atoms with E-state index in [9.17, 15) is 9.59 Å². The molecule has 0 heterocycles. The third kappa shape index (κ3) is 5.80. The van der Waals surface area contributed by atoms with Gasteiger partial charge in [-0.1, -0.05) is 48.2 Å². The summed E-state index contributed by atoms with van der Waals surface area (Å²) in [6, 6.07) is 15.6. The number of hydrogen-bond donors (Lipinski definition) is 1. The first-order chi connectivity index (χ1) is 12.0.